The molecule has 1 saturated carbocycles. The van der Waals surface area contributed by atoms with E-state index >= 15 is 0 Å². The Labute approximate surface area is 161 Å². The van der Waals surface area contributed by atoms with Crippen molar-refractivity contribution in [1.82, 2.24) is 14.5 Å². The molecule has 0 spiro atoms. The maximum atomic E-state index is 14.0. The molecule has 28 heavy (non-hydrogen) atoms. The highest BCUT2D eigenvalue weighted by atomic mass is 19.1. The van der Waals surface area contributed by atoms with Crippen molar-refractivity contribution in [2.24, 2.45) is 11.7 Å². The SMILES string of the molecule is NCCn1cc(C#Cc2cc(F)cc(C(=O)CC3CC3)c2)c2c(N)ncnc21. The van der Waals surface area contributed by atoms with Crippen molar-refractivity contribution >= 4 is 22.6 Å². The first-order chi connectivity index (χ1) is 13.5. The fourth-order valence-electron chi connectivity index (χ4n) is 3.22. The molecule has 142 valence electrons. The summed E-state index contributed by atoms with van der Waals surface area (Å²) in [6.07, 6.45) is 5.82. The largest absolute Gasteiger partial charge is 0.383 e. The smallest absolute Gasteiger partial charge is 0.163 e. The monoisotopic (exact) mass is 377 g/mol. The number of carbonyl (C=O) groups excluding carboxylic acids is 1. The summed E-state index contributed by atoms with van der Waals surface area (Å²) in [4.78, 5) is 20.6. The molecule has 0 bridgehead atoms. The summed E-state index contributed by atoms with van der Waals surface area (Å²) in [7, 11) is 0. The fourth-order valence-corrected chi connectivity index (χ4v) is 3.22. The lowest BCUT2D eigenvalue weighted by Gasteiger charge is -2.01. The first-order valence-electron chi connectivity index (χ1n) is 9.20. The molecule has 1 aromatic carbocycles. The van der Waals surface area contributed by atoms with Gasteiger partial charge in [0.25, 0.3) is 0 Å². The molecule has 0 aliphatic heterocycles. The lowest BCUT2D eigenvalue weighted by molar-refractivity contribution is 0.0975. The van der Waals surface area contributed by atoms with Gasteiger partial charge in [-0.15, -0.1) is 0 Å². The Morgan fingerprint density at radius 3 is 2.82 bits per heavy atom. The van der Waals surface area contributed by atoms with Crippen LogP contribution in [0.15, 0.2) is 30.7 Å². The highest BCUT2D eigenvalue weighted by molar-refractivity contribution is 5.97. The summed E-state index contributed by atoms with van der Waals surface area (Å²) in [6.45, 7) is 1.01. The molecule has 0 amide bonds. The first kappa shape index (κ1) is 18.1. The van der Waals surface area contributed by atoms with Gasteiger partial charge in [0.15, 0.2) is 5.78 Å². The van der Waals surface area contributed by atoms with Crippen LogP contribution in [-0.4, -0.2) is 26.9 Å². The van der Waals surface area contributed by atoms with Gasteiger partial charge in [0.05, 0.1) is 10.9 Å². The Kier molecular flexibility index (Phi) is 4.80. The maximum absolute atomic E-state index is 14.0. The molecule has 1 aliphatic rings. The van der Waals surface area contributed by atoms with Gasteiger partial charge < -0.3 is 16.0 Å². The minimum Gasteiger partial charge on any atom is -0.383 e. The molecule has 4 N–H and O–H groups in total. The van der Waals surface area contributed by atoms with E-state index in [0.717, 1.165) is 12.8 Å². The van der Waals surface area contributed by atoms with Crippen LogP contribution in [0, 0.1) is 23.6 Å². The van der Waals surface area contributed by atoms with Gasteiger partial charge in [0, 0.05) is 36.8 Å². The highest BCUT2D eigenvalue weighted by Crippen LogP contribution is 2.33. The number of anilines is 1. The van der Waals surface area contributed by atoms with E-state index in [9.17, 15) is 9.18 Å². The Hall–Kier alpha value is -3.24. The van der Waals surface area contributed by atoms with E-state index in [2.05, 4.69) is 21.8 Å². The molecule has 1 aliphatic carbocycles. The first-order valence-corrected chi connectivity index (χ1v) is 9.20. The van der Waals surface area contributed by atoms with Crippen LogP contribution in [0.4, 0.5) is 10.2 Å². The zero-order chi connectivity index (χ0) is 19.7. The van der Waals surface area contributed by atoms with E-state index in [4.69, 9.17) is 11.5 Å². The highest BCUT2D eigenvalue weighted by Gasteiger charge is 2.25. The van der Waals surface area contributed by atoms with Gasteiger partial charge >= 0.3 is 0 Å². The van der Waals surface area contributed by atoms with E-state index < -0.39 is 5.82 Å². The van der Waals surface area contributed by atoms with Gasteiger partial charge in [-0.25, -0.2) is 14.4 Å². The summed E-state index contributed by atoms with van der Waals surface area (Å²) in [5.41, 5.74) is 13.8. The van der Waals surface area contributed by atoms with E-state index in [-0.39, 0.29) is 5.78 Å². The van der Waals surface area contributed by atoms with Crippen LogP contribution in [0.3, 0.4) is 0 Å². The summed E-state index contributed by atoms with van der Waals surface area (Å²) < 4.78 is 15.9. The maximum Gasteiger partial charge on any atom is 0.163 e. The van der Waals surface area contributed by atoms with Gasteiger partial charge in [0.1, 0.15) is 23.6 Å². The number of aromatic nitrogens is 3. The lowest BCUT2D eigenvalue weighted by atomic mass is 10.0. The van der Waals surface area contributed by atoms with Crippen LogP contribution in [0.5, 0.6) is 0 Å². The van der Waals surface area contributed by atoms with Gasteiger partial charge in [-0.1, -0.05) is 11.8 Å². The second-order valence-electron chi connectivity index (χ2n) is 7.03. The van der Waals surface area contributed by atoms with Crippen LogP contribution in [0.25, 0.3) is 11.0 Å². The van der Waals surface area contributed by atoms with Crippen molar-refractivity contribution in [3.8, 4) is 11.8 Å². The van der Waals surface area contributed by atoms with Crippen molar-refractivity contribution in [2.75, 3.05) is 12.3 Å². The Morgan fingerprint density at radius 2 is 2.07 bits per heavy atom. The number of rotatable bonds is 5. The Balaban J connectivity index is 1.71. The van der Waals surface area contributed by atoms with E-state index in [1.54, 1.807) is 6.07 Å². The van der Waals surface area contributed by atoms with Gasteiger partial charge in [-0.2, -0.15) is 0 Å². The summed E-state index contributed by atoms with van der Waals surface area (Å²) in [5, 5.41) is 0.643. The standard InChI is InChI=1S/C21H20FN5O/c22-17-8-14(7-16(10-17)18(28)9-13-1-2-13)3-4-15-11-27(6-5-23)21-19(15)20(24)25-12-26-21/h7-8,10-13H,1-2,5-6,9,23H2,(H2,24,25,26). The Bertz CT molecular complexity index is 1120. The molecule has 0 unspecified atom stereocenters. The second kappa shape index (κ2) is 7.41. The number of halogens is 1. The average molecular weight is 377 g/mol. The summed E-state index contributed by atoms with van der Waals surface area (Å²) >= 11 is 0. The third-order valence-electron chi connectivity index (χ3n) is 4.79. The molecule has 4 rings (SSSR count). The molecule has 0 atom stereocenters. The molecular formula is C21H20FN5O. The molecule has 2 heterocycles. The molecular weight excluding hydrogens is 357 g/mol. The van der Waals surface area contributed by atoms with E-state index in [1.807, 2.05) is 10.8 Å². The lowest BCUT2D eigenvalue weighted by Crippen LogP contribution is -2.09. The van der Waals surface area contributed by atoms with E-state index in [0.29, 0.717) is 59.0 Å². The van der Waals surface area contributed by atoms with Crippen LogP contribution >= 0.6 is 0 Å². The molecule has 3 aromatic rings. The number of nitrogen functional groups attached to an aromatic ring is 1. The number of hydrogen-bond acceptors (Lipinski definition) is 5. The number of carbonyl (C=O) groups is 1. The molecule has 7 heteroatoms. The predicted octanol–water partition coefficient (Wildman–Crippen LogP) is 2.49. The third-order valence-corrected chi connectivity index (χ3v) is 4.79. The zero-order valence-electron chi connectivity index (χ0n) is 15.3. The quantitative estimate of drug-likeness (QED) is 0.526. The number of benzene rings is 1. The molecule has 0 radical (unpaired) electrons. The number of nitrogens with zero attached hydrogens (tertiary/aromatic N) is 3. The topological polar surface area (TPSA) is 99.8 Å². The number of ketones is 1. The summed E-state index contributed by atoms with van der Waals surface area (Å²) in [6, 6.07) is 4.23. The predicted molar refractivity (Wildman–Crippen MR) is 105 cm³/mol. The summed E-state index contributed by atoms with van der Waals surface area (Å²) in [5.74, 6) is 6.22. The van der Waals surface area contributed by atoms with Crippen molar-refractivity contribution < 1.29 is 9.18 Å². The minimum absolute atomic E-state index is 0.0396. The van der Waals surface area contributed by atoms with Crippen LogP contribution in [0.2, 0.25) is 0 Å². The number of nitrogens with two attached hydrogens (primary N) is 2. The Morgan fingerprint density at radius 1 is 1.25 bits per heavy atom. The fraction of sp³-hybridized carbons (Fsp3) is 0.286. The number of fused-ring (bicyclic) bond motifs is 1. The third kappa shape index (κ3) is 3.73. The van der Waals surface area contributed by atoms with Gasteiger partial charge in [-0.05, 0) is 37.0 Å². The molecule has 0 saturated heterocycles. The van der Waals surface area contributed by atoms with Gasteiger partial charge in [0.2, 0.25) is 0 Å². The normalized spacial score (nSPS) is 13.4. The molecule has 6 nitrogen and oxygen atoms in total. The average Bonchev–Trinajstić information content (AvgIpc) is 3.41. The second-order valence-corrected chi connectivity index (χ2v) is 7.03. The number of Topliss-reactive ketones (excluding diaryl/α,β-unsaturated/α-hetero) is 1. The zero-order valence-corrected chi connectivity index (χ0v) is 15.3. The van der Waals surface area contributed by atoms with Crippen molar-refractivity contribution in [1.29, 1.82) is 0 Å². The molecule has 2 aromatic heterocycles. The molecule has 1 fully saturated rings. The van der Waals surface area contributed by atoms with Crippen LogP contribution < -0.4 is 11.5 Å². The van der Waals surface area contributed by atoms with Crippen molar-refractivity contribution in [3.05, 3.63) is 53.2 Å². The van der Waals surface area contributed by atoms with Crippen LogP contribution in [-0.2, 0) is 6.54 Å². The minimum atomic E-state index is -0.473. The number of hydrogen-bond donors (Lipinski definition) is 2. The van der Waals surface area contributed by atoms with Crippen molar-refractivity contribution in [2.45, 2.75) is 25.8 Å². The van der Waals surface area contributed by atoms with E-state index in [1.165, 1.54) is 18.5 Å². The van der Waals surface area contributed by atoms with Crippen molar-refractivity contribution in [3.63, 3.8) is 0 Å². The van der Waals surface area contributed by atoms with Crippen LogP contribution in [0.1, 0.15) is 40.7 Å². The van der Waals surface area contributed by atoms with Gasteiger partial charge in [-0.3, -0.25) is 4.79 Å².